The van der Waals surface area contributed by atoms with E-state index in [1.807, 2.05) is 24.3 Å². The van der Waals surface area contributed by atoms with Gasteiger partial charge in [-0.1, -0.05) is 78.3 Å². The molecule has 148 valence electrons. The van der Waals surface area contributed by atoms with E-state index in [1.165, 1.54) is 11.1 Å². The maximum atomic E-state index is 12.3. The largest absolute Gasteiger partial charge is 0.449 e. The van der Waals surface area contributed by atoms with Gasteiger partial charge in [0.2, 0.25) is 0 Å². The fraction of sp³-hybridized carbons (Fsp3) is 0.208. The smallest absolute Gasteiger partial charge is 0.407 e. The summed E-state index contributed by atoms with van der Waals surface area (Å²) in [6.07, 6.45) is -0.570. The number of benzene rings is 3. The lowest BCUT2D eigenvalue weighted by molar-refractivity contribution is 0.0534. The molecule has 29 heavy (non-hydrogen) atoms. The van der Waals surface area contributed by atoms with Gasteiger partial charge < -0.3 is 15.2 Å². The van der Waals surface area contributed by atoms with Gasteiger partial charge in [-0.15, -0.1) is 0 Å². The van der Waals surface area contributed by atoms with Gasteiger partial charge in [0.05, 0.1) is 6.54 Å². The molecule has 0 spiro atoms. The van der Waals surface area contributed by atoms with Crippen LogP contribution in [0.4, 0.5) is 4.79 Å². The Morgan fingerprint density at radius 1 is 1.00 bits per heavy atom. The van der Waals surface area contributed by atoms with Crippen molar-refractivity contribution in [3.63, 3.8) is 0 Å². The van der Waals surface area contributed by atoms with Crippen LogP contribution in [0, 0.1) is 0 Å². The molecule has 0 saturated heterocycles. The van der Waals surface area contributed by atoms with E-state index >= 15 is 0 Å². The van der Waals surface area contributed by atoms with Gasteiger partial charge >= 0.3 is 6.09 Å². The van der Waals surface area contributed by atoms with Gasteiger partial charge in [0.25, 0.3) is 0 Å². The fourth-order valence-corrected chi connectivity index (χ4v) is 4.23. The van der Waals surface area contributed by atoms with E-state index in [2.05, 4.69) is 29.6 Å². The minimum absolute atomic E-state index is 0.00257. The Hall–Kier alpha value is -2.82. The molecule has 1 amide bonds. The molecule has 2 N–H and O–H groups in total. The van der Waals surface area contributed by atoms with Crippen molar-refractivity contribution in [1.29, 1.82) is 0 Å². The number of alkyl carbamates (subject to hydrolysis) is 1. The predicted molar refractivity (Wildman–Crippen MR) is 114 cm³/mol. The number of hydrogen-bond acceptors (Lipinski definition) is 3. The van der Waals surface area contributed by atoms with Crippen molar-refractivity contribution in [3.8, 4) is 11.1 Å². The minimum atomic E-state index is -1.30. The molecule has 0 fully saturated rings. The second-order valence-electron chi connectivity index (χ2n) is 7.43. The Bertz CT molecular complexity index is 1000. The summed E-state index contributed by atoms with van der Waals surface area (Å²) in [5.41, 5.74) is 3.93. The molecule has 0 aromatic heterocycles. The molecule has 1 unspecified atom stereocenters. The Labute approximate surface area is 175 Å². The first-order chi connectivity index (χ1) is 14.0. The molecule has 4 nitrogen and oxygen atoms in total. The quantitative estimate of drug-likeness (QED) is 0.619. The molecule has 4 rings (SSSR count). The number of ether oxygens (including phenoxy) is 1. The minimum Gasteiger partial charge on any atom is -0.449 e. The number of carbonyl (C=O) groups is 1. The third-order valence-corrected chi connectivity index (χ3v) is 5.70. The number of carbonyl (C=O) groups excluding carboxylic acids is 1. The number of halogens is 1. The van der Waals surface area contributed by atoms with Crippen LogP contribution in [0.15, 0.2) is 72.8 Å². The van der Waals surface area contributed by atoms with Gasteiger partial charge in [0, 0.05) is 16.5 Å². The molecule has 0 radical (unpaired) electrons. The van der Waals surface area contributed by atoms with Crippen LogP contribution in [-0.2, 0) is 10.3 Å². The molecular weight excluding hydrogens is 386 g/mol. The van der Waals surface area contributed by atoms with E-state index in [4.69, 9.17) is 16.3 Å². The first-order valence-electron chi connectivity index (χ1n) is 9.53. The highest BCUT2D eigenvalue weighted by atomic mass is 35.5. The van der Waals surface area contributed by atoms with E-state index in [1.54, 1.807) is 31.2 Å². The predicted octanol–water partition coefficient (Wildman–Crippen LogP) is 5.09. The zero-order chi connectivity index (χ0) is 20.4. The maximum Gasteiger partial charge on any atom is 0.407 e. The average molecular weight is 408 g/mol. The van der Waals surface area contributed by atoms with Crippen LogP contribution in [0.1, 0.15) is 29.5 Å². The second-order valence-corrected chi connectivity index (χ2v) is 7.84. The van der Waals surface area contributed by atoms with Crippen LogP contribution in [-0.4, -0.2) is 24.4 Å². The van der Waals surface area contributed by atoms with Gasteiger partial charge in [-0.25, -0.2) is 4.79 Å². The molecule has 1 atom stereocenters. The fourth-order valence-electron chi connectivity index (χ4n) is 3.89. The van der Waals surface area contributed by atoms with Crippen molar-refractivity contribution >= 4 is 17.7 Å². The van der Waals surface area contributed by atoms with Crippen molar-refractivity contribution in [2.24, 2.45) is 0 Å². The van der Waals surface area contributed by atoms with Crippen molar-refractivity contribution in [3.05, 3.63) is 94.5 Å². The summed E-state index contributed by atoms with van der Waals surface area (Å²) in [7, 11) is 0. The maximum absolute atomic E-state index is 12.3. The molecule has 0 saturated carbocycles. The Morgan fingerprint density at radius 2 is 1.55 bits per heavy atom. The van der Waals surface area contributed by atoms with Crippen LogP contribution in [0.25, 0.3) is 11.1 Å². The summed E-state index contributed by atoms with van der Waals surface area (Å²) < 4.78 is 5.51. The second kappa shape index (κ2) is 7.90. The van der Waals surface area contributed by atoms with Gasteiger partial charge in [0.15, 0.2) is 0 Å². The highest BCUT2D eigenvalue weighted by molar-refractivity contribution is 6.31. The summed E-state index contributed by atoms with van der Waals surface area (Å²) in [5, 5.41) is 13.8. The van der Waals surface area contributed by atoms with Crippen molar-refractivity contribution in [1.82, 2.24) is 5.32 Å². The molecule has 0 aliphatic heterocycles. The summed E-state index contributed by atoms with van der Waals surface area (Å²) >= 11 is 6.16. The third-order valence-electron chi connectivity index (χ3n) is 5.37. The third kappa shape index (κ3) is 3.86. The number of nitrogens with one attached hydrogen (secondary N) is 1. The first kappa shape index (κ1) is 19.5. The molecule has 1 aliphatic rings. The Balaban J connectivity index is 1.41. The van der Waals surface area contributed by atoms with Gasteiger partial charge in [-0.05, 0) is 35.2 Å². The SMILES string of the molecule is CC(O)(CNC(=O)OCC1c2ccccc2-c2ccccc21)c1ccccc1Cl. The van der Waals surface area contributed by atoms with E-state index in [9.17, 15) is 9.90 Å². The molecule has 3 aromatic carbocycles. The topological polar surface area (TPSA) is 58.6 Å². The van der Waals surface area contributed by atoms with E-state index < -0.39 is 11.7 Å². The van der Waals surface area contributed by atoms with Gasteiger partial charge in [-0.2, -0.15) is 0 Å². The van der Waals surface area contributed by atoms with Crippen LogP contribution >= 0.6 is 11.6 Å². The van der Waals surface area contributed by atoms with Crippen LogP contribution in [0.2, 0.25) is 5.02 Å². The van der Waals surface area contributed by atoms with Crippen molar-refractivity contribution in [2.75, 3.05) is 13.2 Å². The van der Waals surface area contributed by atoms with E-state index in [0.29, 0.717) is 10.6 Å². The average Bonchev–Trinajstić information content (AvgIpc) is 3.05. The number of rotatable bonds is 5. The Morgan fingerprint density at radius 3 is 2.17 bits per heavy atom. The molecule has 3 aromatic rings. The number of hydrogen-bond donors (Lipinski definition) is 2. The molecule has 5 heteroatoms. The number of amides is 1. The summed E-state index contributed by atoms with van der Waals surface area (Å²) in [6.45, 7) is 1.83. The zero-order valence-corrected chi connectivity index (χ0v) is 16.8. The summed E-state index contributed by atoms with van der Waals surface area (Å²) in [5.74, 6) is -0.00257. The normalized spacial score (nSPS) is 14.6. The van der Waals surface area contributed by atoms with Crippen LogP contribution in [0.3, 0.4) is 0 Å². The first-order valence-corrected chi connectivity index (χ1v) is 9.91. The highest BCUT2D eigenvalue weighted by Crippen LogP contribution is 2.44. The lowest BCUT2D eigenvalue weighted by atomic mass is 9.96. The van der Waals surface area contributed by atoms with Crippen molar-refractivity contribution in [2.45, 2.75) is 18.4 Å². The summed E-state index contributed by atoms with van der Waals surface area (Å²) in [4.78, 5) is 12.3. The number of aliphatic hydroxyl groups is 1. The monoisotopic (exact) mass is 407 g/mol. The van der Waals surface area contributed by atoms with Crippen LogP contribution in [0.5, 0.6) is 0 Å². The van der Waals surface area contributed by atoms with E-state index in [0.717, 1.165) is 11.1 Å². The van der Waals surface area contributed by atoms with Crippen molar-refractivity contribution < 1.29 is 14.6 Å². The number of fused-ring (bicyclic) bond motifs is 3. The molecular formula is C24H22ClNO3. The van der Waals surface area contributed by atoms with E-state index in [-0.39, 0.29) is 19.1 Å². The standard InChI is InChI=1S/C24H22ClNO3/c1-24(28,21-12-6-7-13-22(21)25)15-26-23(27)29-14-20-18-10-4-2-8-16(18)17-9-3-5-11-19(17)20/h2-13,20,28H,14-15H2,1H3,(H,26,27). The Kier molecular flexibility index (Phi) is 5.31. The van der Waals surface area contributed by atoms with Gasteiger partial charge in [0.1, 0.15) is 12.2 Å². The molecule has 0 bridgehead atoms. The highest BCUT2D eigenvalue weighted by Gasteiger charge is 2.30. The molecule has 0 heterocycles. The lowest BCUT2D eigenvalue weighted by Crippen LogP contribution is -2.39. The lowest BCUT2D eigenvalue weighted by Gasteiger charge is -2.25. The van der Waals surface area contributed by atoms with Gasteiger partial charge in [-0.3, -0.25) is 0 Å². The zero-order valence-electron chi connectivity index (χ0n) is 16.1. The molecule has 1 aliphatic carbocycles. The summed E-state index contributed by atoms with van der Waals surface area (Å²) in [6, 6.07) is 23.4. The van der Waals surface area contributed by atoms with Crippen LogP contribution < -0.4 is 5.32 Å².